The van der Waals surface area contributed by atoms with E-state index in [1.807, 2.05) is 36.4 Å². The van der Waals surface area contributed by atoms with Gasteiger partial charge >= 0.3 is 0 Å². The average molecular weight is 535 g/mol. The van der Waals surface area contributed by atoms with Crippen LogP contribution in [0.15, 0.2) is 67.0 Å². The maximum Gasteiger partial charge on any atom is 0.255 e. The van der Waals surface area contributed by atoms with E-state index in [9.17, 15) is 9.59 Å². The third-order valence-corrected chi connectivity index (χ3v) is 6.85. The van der Waals surface area contributed by atoms with Gasteiger partial charge in [-0.2, -0.15) is 0 Å². The van der Waals surface area contributed by atoms with E-state index in [1.165, 1.54) is 0 Å². The Balaban J connectivity index is 1.47. The maximum atomic E-state index is 13.0. The van der Waals surface area contributed by atoms with E-state index in [2.05, 4.69) is 44.4 Å². The summed E-state index contributed by atoms with van der Waals surface area (Å²) in [5, 5.41) is 6.69. The lowest BCUT2D eigenvalue weighted by atomic mass is 10.1. The Bertz CT molecular complexity index is 1230. The van der Waals surface area contributed by atoms with Crippen molar-refractivity contribution < 1.29 is 9.59 Å². The molecule has 1 aliphatic rings. The second kappa shape index (κ2) is 13.4. The molecule has 0 unspecified atom stereocenters. The van der Waals surface area contributed by atoms with E-state index < -0.39 is 0 Å². The highest BCUT2D eigenvalue weighted by molar-refractivity contribution is 6.30. The van der Waals surface area contributed by atoms with Crippen molar-refractivity contribution in [3.63, 3.8) is 0 Å². The number of benzene rings is 2. The van der Waals surface area contributed by atoms with Gasteiger partial charge in [0.25, 0.3) is 11.8 Å². The van der Waals surface area contributed by atoms with Gasteiger partial charge in [-0.1, -0.05) is 23.7 Å². The highest BCUT2D eigenvalue weighted by Gasteiger charge is 2.21. The summed E-state index contributed by atoms with van der Waals surface area (Å²) in [4.78, 5) is 36.9. The molecule has 0 bridgehead atoms. The molecule has 2 aromatic carbocycles. The van der Waals surface area contributed by atoms with E-state index in [-0.39, 0.29) is 11.8 Å². The molecule has 38 heavy (non-hydrogen) atoms. The molecule has 1 saturated heterocycles. The van der Waals surface area contributed by atoms with Crippen LogP contribution in [-0.2, 0) is 6.42 Å². The summed E-state index contributed by atoms with van der Waals surface area (Å²) in [6.07, 6.45) is 3.85. The van der Waals surface area contributed by atoms with Crippen LogP contribution in [0, 0.1) is 0 Å². The number of aromatic nitrogens is 1. The number of anilines is 2. The number of hydrogen-bond donors (Lipinski definition) is 2. The lowest BCUT2D eigenvalue weighted by molar-refractivity contribution is 0.0952. The van der Waals surface area contributed by atoms with E-state index in [4.69, 9.17) is 11.6 Å². The Labute approximate surface area is 229 Å². The Morgan fingerprint density at radius 2 is 1.71 bits per heavy atom. The maximum absolute atomic E-state index is 13.0. The Kier molecular flexibility index (Phi) is 9.70. The molecule has 9 heteroatoms. The standard InChI is InChI=1S/C29H35ClN6O2/c1-34(2)14-15-35-16-18-36(19-17-35)27-7-6-24(21-26(27)33-29(38)23-9-11-31-12-10-23)28(37)32-13-8-22-4-3-5-25(30)20-22/h3-7,9-12,20-21H,8,13-19H2,1-2H3,(H,32,37)(H,33,38). The van der Waals surface area contributed by atoms with Crippen molar-refractivity contribution in [1.82, 2.24) is 20.1 Å². The molecule has 0 atom stereocenters. The minimum atomic E-state index is -0.239. The number of likely N-dealkylation sites (N-methyl/N-ethyl adjacent to an activating group) is 1. The highest BCUT2D eigenvalue weighted by Crippen LogP contribution is 2.29. The largest absolute Gasteiger partial charge is 0.367 e. The lowest BCUT2D eigenvalue weighted by Gasteiger charge is -2.37. The van der Waals surface area contributed by atoms with E-state index >= 15 is 0 Å². The zero-order valence-electron chi connectivity index (χ0n) is 22.0. The summed E-state index contributed by atoms with van der Waals surface area (Å²) in [6.45, 7) is 6.10. The molecule has 1 aliphatic heterocycles. The molecule has 1 fully saturated rings. The van der Waals surface area contributed by atoms with E-state index in [1.54, 1.807) is 30.6 Å². The fourth-order valence-corrected chi connectivity index (χ4v) is 4.63. The number of nitrogens with one attached hydrogen (secondary N) is 2. The minimum absolute atomic E-state index is 0.188. The fourth-order valence-electron chi connectivity index (χ4n) is 4.42. The Hall–Kier alpha value is -3.46. The van der Waals surface area contributed by atoms with Gasteiger partial charge in [0.15, 0.2) is 0 Å². The number of amides is 2. The van der Waals surface area contributed by atoms with Gasteiger partial charge < -0.3 is 20.4 Å². The van der Waals surface area contributed by atoms with Gasteiger partial charge in [-0.3, -0.25) is 19.5 Å². The first-order valence-electron chi connectivity index (χ1n) is 12.9. The zero-order valence-corrected chi connectivity index (χ0v) is 22.7. The van der Waals surface area contributed by atoms with Crippen molar-refractivity contribution in [2.24, 2.45) is 0 Å². The monoisotopic (exact) mass is 534 g/mol. The molecule has 1 aromatic heterocycles. The second-order valence-corrected chi connectivity index (χ2v) is 10.1. The molecule has 0 aliphatic carbocycles. The minimum Gasteiger partial charge on any atom is -0.367 e. The van der Waals surface area contributed by atoms with Crippen LogP contribution in [0.3, 0.4) is 0 Å². The first kappa shape index (κ1) is 27.6. The second-order valence-electron chi connectivity index (χ2n) is 9.69. The molecule has 0 radical (unpaired) electrons. The third-order valence-electron chi connectivity index (χ3n) is 6.61. The van der Waals surface area contributed by atoms with Crippen molar-refractivity contribution in [3.05, 3.63) is 88.7 Å². The number of piperazine rings is 1. The molecule has 2 amide bonds. The number of carbonyl (C=O) groups is 2. The average Bonchev–Trinajstić information content (AvgIpc) is 2.92. The molecular weight excluding hydrogens is 500 g/mol. The van der Waals surface area contributed by atoms with Crippen molar-refractivity contribution in [2.45, 2.75) is 6.42 Å². The lowest BCUT2D eigenvalue weighted by Crippen LogP contribution is -2.48. The van der Waals surface area contributed by atoms with Gasteiger partial charge in [-0.15, -0.1) is 0 Å². The number of halogens is 1. The van der Waals surface area contributed by atoms with Gasteiger partial charge in [0.05, 0.1) is 11.4 Å². The first-order valence-corrected chi connectivity index (χ1v) is 13.3. The normalized spacial score (nSPS) is 13.9. The van der Waals surface area contributed by atoms with Crippen LogP contribution >= 0.6 is 11.6 Å². The molecule has 0 spiro atoms. The van der Waals surface area contributed by atoms with Crippen LogP contribution in [0.2, 0.25) is 5.02 Å². The number of nitrogens with zero attached hydrogens (tertiary/aromatic N) is 4. The number of pyridine rings is 1. The van der Waals surface area contributed by atoms with Crippen LogP contribution < -0.4 is 15.5 Å². The van der Waals surface area contributed by atoms with Crippen molar-refractivity contribution >= 4 is 34.8 Å². The van der Waals surface area contributed by atoms with Gasteiger partial charge in [-0.25, -0.2) is 0 Å². The Morgan fingerprint density at radius 3 is 2.42 bits per heavy atom. The Morgan fingerprint density at radius 1 is 0.947 bits per heavy atom. The third kappa shape index (κ3) is 7.77. The molecule has 4 rings (SSSR count). The van der Waals surface area contributed by atoms with E-state index in [0.717, 1.165) is 50.5 Å². The predicted molar refractivity (Wildman–Crippen MR) is 153 cm³/mol. The number of hydrogen-bond acceptors (Lipinski definition) is 6. The molecular formula is C29H35ClN6O2. The smallest absolute Gasteiger partial charge is 0.255 e. The highest BCUT2D eigenvalue weighted by atomic mass is 35.5. The summed E-state index contributed by atoms with van der Waals surface area (Å²) in [5.74, 6) is -0.428. The van der Waals surface area contributed by atoms with Crippen molar-refractivity contribution in [3.8, 4) is 0 Å². The first-order chi connectivity index (χ1) is 18.4. The number of carbonyl (C=O) groups excluding carboxylic acids is 2. The molecule has 8 nitrogen and oxygen atoms in total. The van der Waals surface area contributed by atoms with Crippen LogP contribution in [0.25, 0.3) is 0 Å². The molecule has 2 N–H and O–H groups in total. The zero-order chi connectivity index (χ0) is 26.9. The van der Waals surface area contributed by atoms with Crippen molar-refractivity contribution in [2.75, 3.05) is 70.1 Å². The summed E-state index contributed by atoms with van der Waals surface area (Å²) >= 11 is 6.07. The molecule has 2 heterocycles. The molecule has 0 saturated carbocycles. The van der Waals surface area contributed by atoms with Crippen molar-refractivity contribution in [1.29, 1.82) is 0 Å². The summed E-state index contributed by atoms with van der Waals surface area (Å²) < 4.78 is 0. The summed E-state index contributed by atoms with van der Waals surface area (Å²) in [7, 11) is 4.17. The van der Waals surface area contributed by atoms with Crippen LogP contribution in [0.1, 0.15) is 26.3 Å². The topological polar surface area (TPSA) is 80.8 Å². The molecule has 3 aromatic rings. The quantitative estimate of drug-likeness (QED) is 0.413. The number of rotatable bonds is 10. The van der Waals surface area contributed by atoms with Crippen LogP contribution in [0.5, 0.6) is 0 Å². The van der Waals surface area contributed by atoms with Gasteiger partial charge in [-0.05, 0) is 68.5 Å². The van der Waals surface area contributed by atoms with Gasteiger partial charge in [0.2, 0.25) is 0 Å². The summed E-state index contributed by atoms with van der Waals surface area (Å²) in [5.41, 5.74) is 3.60. The van der Waals surface area contributed by atoms with E-state index in [0.29, 0.717) is 34.8 Å². The molecule has 200 valence electrons. The summed E-state index contributed by atoms with van der Waals surface area (Å²) in [6, 6.07) is 16.5. The fraction of sp³-hybridized carbons (Fsp3) is 0.345. The van der Waals surface area contributed by atoms with Gasteiger partial charge in [0, 0.05) is 74.4 Å². The predicted octanol–water partition coefficient (Wildman–Crippen LogP) is 3.64. The van der Waals surface area contributed by atoms with Crippen LogP contribution in [-0.4, -0.2) is 86.5 Å². The van der Waals surface area contributed by atoms with Crippen LogP contribution in [0.4, 0.5) is 11.4 Å². The SMILES string of the molecule is CN(C)CCN1CCN(c2ccc(C(=O)NCCc3cccc(Cl)c3)cc2NC(=O)c2ccncc2)CC1. The van der Waals surface area contributed by atoms with Gasteiger partial charge in [0.1, 0.15) is 0 Å².